The number of nitrogens with one attached hydrogen (secondary N) is 2. The van der Waals surface area contributed by atoms with Crippen LogP contribution in [0.3, 0.4) is 0 Å². The van der Waals surface area contributed by atoms with Crippen LogP contribution >= 0.6 is 0 Å². The van der Waals surface area contributed by atoms with Crippen LogP contribution in [0.25, 0.3) is 0 Å². The average Bonchev–Trinajstić information content (AvgIpc) is 3.42. The molecular weight excluding hydrogens is 510 g/mol. The number of carbonyl (C=O) groups excluding carboxylic acids is 4. The van der Waals surface area contributed by atoms with Crippen LogP contribution in [-0.4, -0.2) is 65.5 Å². The van der Waals surface area contributed by atoms with Gasteiger partial charge in [0.15, 0.2) is 0 Å². The summed E-state index contributed by atoms with van der Waals surface area (Å²) in [5, 5.41) is 5.68. The van der Waals surface area contributed by atoms with Crippen molar-refractivity contribution in [3.63, 3.8) is 0 Å². The molecule has 3 aliphatic heterocycles. The molecule has 40 heavy (non-hydrogen) atoms. The first-order chi connectivity index (χ1) is 19.3. The predicted octanol–water partition coefficient (Wildman–Crippen LogP) is 4.05. The van der Waals surface area contributed by atoms with Crippen molar-refractivity contribution in [3.05, 3.63) is 48.0 Å². The first-order valence-electron chi connectivity index (χ1n) is 14.6. The lowest BCUT2D eigenvalue weighted by Gasteiger charge is -2.32. The van der Waals surface area contributed by atoms with Gasteiger partial charge in [-0.3, -0.25) is 9.59 Å². The Morgan fingerprint density at radius 3 is 2.50 bits per heavy atom. The van der Waals surface area contributed by atoms with Gasteiger partial charge >= 0.3 is 6.09 Å². The van der Waals surface area contributed by atoms with Gasteiger partial charge < -0.3 is 29.8 Å². The number of hydrogen-bond acceptors (Lipinski definition) is 6. The maximum atomic E-state index is 14.0. The van der Waals surface area contributed by atoms with E-state index in [0.717, 1.165) is 50.4 Å². The van der Waals surface area contributed by atoms with E-state index >= 15 is 0 Å². The van der Waals surface area contributed by atoms with E-state index < -0.39 is 29.8 Å². The van der Waals surface area contributed by atoms with E-state index in [2.05, 4.69) is 22.8 Å². The molecule has 1 aromatic rings. The number of hydrogen-bond donors (Lipinski definition) is 2. The second-order valence-electron chi connectivity index (χ2n) is 11.8. The molecule has 3 aliphatic rings. The molecule has 9 nitrogen and oxygen atoms in total. The molecule has 1 aromatic carbocycles. The molecule has 9 heteroatoms. The second-order valence-corrected chi connectivity index (χ2v) is 11.8. The lowest BCUT2D eigenvalue weighted by Crippen LogP contribution is -2.56. The van der Waals surface area contributed by atoms with Gasteiger partial charge in [-0.05, 0) is 64.4 Å². The summed E-state index contributed by atoms with van der Waals surface area (Å²) in [6.07, 6.45) is 10.9. The third-order valence-corrected chi connectivity index (χ3v) is 8.06. The Morgan fingerprint density at radius 2 is 1.80 bits per heavy atom. The van der Waals surface area contributed by atoms with E-state index in [9.17, 15) is 19.2 Å². The topological polar surface area (TPSA) is 114 Å². The Bertz CT molecular complexity index is 1060. The Hall–Kier alpha value is -3.20. The van der Waals surface area contributed by atoms with Gasteiger partial charge in [-0.15, -0.1) is 0 Å². The van der Waals surface area contributed by atoms with Crippen LogP contribution in [0.15, 0.2) is 42.5 Å². The number of fused-ring (bicyclic) bond motifs is 3. The molecule has 0 bridgehead atoms. The number of alkyl carbamates (subject to hydrolysis) is 1. The van der Waals surface area contributed by atoms with Gasteiger partial charge in [-0.2, -0.15) is 0 Å². The molecule has 0 aromatic heterocycles. The minimum absolute atomic E-state index is 0.0906. The SMILES string of the molecule is CC1(C)C[C@H]2C(CN3C(=O)[C@@H](NC(=O)OCc4ccccc4)CCCC/C=C/CCCC[C@@H](C=O)NC(=O)[C@H]23)O1. The van der Waals surface area contributed by atoms with Crippen molar-refractivity contribution in [1.29, 1.82) is 0 Å². The molecule has 3 amide bonds. The summed E-state index contributed by atoms with van der Waals surface area (Å²) in [5.41, 5.74) is 0.437. The van der Waals surface area contributed by atoms with E-state index in [1.807, 2.05) is 44.2 Å². The summed E-state index contributed by atoms with van der Waals surface area (Å²) in [5.74, 6) is -0.854. The van der Waals surface area contributed by atoms with Crippen molar-refractivity contribution >= 4 is 24.2 Å². The molecular formula is C31H43N3O6. The minimum atomic E-state index is -0.841. The Kier molecular flexibility index (Phi) is 10.4. The van der Waals surface area contributed by atoms with Crippen LogP contribution in [0.4, 0.5) is 4.79 Å². The highest BCUT2D eigenvalue weighted by molar-refractivity contribution is 5.93. The third kappa shape index (κ3) is 7.93. The monoisotopic (exact) mass is 553 g/mol. The highest BCUT2D eigenvalue weighted by atomic mass is 16.5. The lowest BCUT2D eigenvalue weighted by atomic mass is 9.89. The second kappa shape index (κ2) is 13.9. The van der Waals surface area contributed by atoms with Gasteiger partial charge in [0.2, 0.25) is 11.8 Å². The van der Waals surface area contributed by atoms with Gasteiger partial charge in [0.05, 0.1) is 17.7 Å². The normalized spacial score (nSPS) is 30.4. The van der Waals surface area contributed by atoms with Crippen molar-refractivity contribution in [1.82, 2.24) is 15.5 Å². The van der Waals surface area contributed by atoms with Crippen molar-refractivity contribution < 1.29 is 28.7 Å². The lowest BCUT2D eigenvalue weighted by molar-refractivity contribution is -0.142. The van der Waals surface area contributed by atoms with Gasteiger partial charge in [0, 0.05) is 12.5 Å². The number of ether oxygens (including phenoxy) is 2. The molecule has 2 saturated heterocycles. The first kappa shape index (κ1) is 29.8. The molecule has 2 N–H and O–H groups in total. The van der Waals surface area contributed by atoms with E-state index in [-0.39, 0.29) is 37.0 Å². The standard InChI is InChI=1S/C31H43N3O6/c1-31(2)18-24-26(40-31)19-34-27(24)28(36)32-23(20-35)16-12-7-5-3-4-6-8-13-17-25(29(34)37)33-30(38)39-21-22-14-10-9-11-15-22/h3-4,9-11,14-15,20,23-27H,5-8,12-13,16-19,21H2,1-2H3,(H,32,36)(H,33,38)/b4-3+/t23-,24-,25-,26?,27-/m0/s1. The molecule has 2 fully saturated rings. The molecule has 218 valence electrons. The molecule has 4 rings (SSSR count). The fraction of sp³-hybridized carbons (Fsp3) is 0.613. The van der Waals surface area contributed by atoms with E-state index in [1.165, 1.54) is 0 Å². The van der Waals surface area contributed by atoms with E-state index in [1.54, 1.807) is 4.90 Å². The quantitative estimate of drug-likeness (QED) is 0.430. The summed E-state index contributed by atoms with van der Waals surface area (Å²) in [4.78, 5) is 53.8. The zero-order valence-electron chi connectivity index (χ0n) is 23.7. The zero-order chi connectivity index (χ0) is 28.5. The van der Waals surface area contributed by atoms with Crippen LogP contribution < -0.4 is 10.6 Å². The Balaban J connectivity index is 1.53. The fourth-order valence-electron chi connectivity index (χ4n) is 6.11. The maximum Gasteiger partial charge on any atom is 0.408 e. The molecule has 0 radical (unpaired) electrons. The highest BCUT2D eigenvalue weighted by Crippen LogP contribution is 2.43. The van der Waals surface area contributed by atoms with Gasteiger partial charge in [0.25, 0.3) is 0 Å². The molecule has 0 saturated carbocycles. The highest BCUT2D eigenvalue weighted by Gasteiger charge is 2.55. The number of aldehydes is 1. The zero-order valence-corrected chi connectivity index (χ0v) is 23.7. The summed E-state index contributed by atoms with van der Waals surface area (Å²) < 4.78 is 11.7. The predicted molar refractivity (Wildman–Crippen MR) is 150 cm³/mol. The van der Waals surface area contributed by atoms with Crippen LogP contribution in [0, 0.1) is 5.92 Å². The Morgan fingerprint density at radius 1 is 1.10 bits per heavy atom. The summed E-state index contributed by atoms with van der Waals surface area (Å²) in [6.45, 7) is 4.33. The Labute approximate surface area is 237 Å². The number of nitrogens with zero attached hydrogens (tertiary/aromatic N) is 1. The van der Waals surface area contributed by atoms with Crippen LogP contribution in [0.5, 0.6) is 0 Å². The van der Waals surface area contributed by atoms with Crippen molar-refractivity contribution in [2.24, 2.45) is 5.92 Å². The van der Waals surface area contributed by atoms with Gasteiger partial charge in [-0.1, -0.05) is 55.3 Å². The molecule has 1 unspecified atom stereocenters. The number of carbonyl (C=O) groups is 4. The summed E-state index contributed by atoms with van der Waals surface area (Å²) in [6, 6.07) is 7.12. The van der Waals surface area contributed by atoms with Gasteiger partial charge in [0.1, 0.15) is 25.0 Å². The summed E-state index contributed by atoms with van der Waals surface area (Å²) in [7, 11) is 0. The minimum Gasteiger partial charge on any atom is -0.445 e. The van der Waals surface area contributed by atoms with Crippen molar-refractivity contribution in [2.75, 3.05) is 6.54 Å². The summed E-state index contributed by atoms with van der Waals surface area (Å²) >= 11 is 0. The van der Waals surface area contributed by atoms with Crippen LogP contribution in [-0.2, 0) is 30.5 Å². The molecule has 3 heterocycles. The van der Waals surface area contributed by atoms with Gasteiger partial charge in [-0.25, -0.2) is 4.79 Å². The molecule has 0 aliphatic carbocycles. The van der Waals surface area contributed by atoms with Crippen LogP contribution in [0.2, 0.25) is 0 Å². The van der Waals surface area contributed by atoms with Crippen molar-refractivity contribution in [3.8, 4) is 0 Å². The number of allylic oxidation sites excluding steroid dienone is 2. The number of amides is 3. The maximum absolute atomic E-state index is 14.0. The smallest absolute Gasteiger partial charge is 0.408 e. The number of rotatable bonds is 4. The van der Waals surface area contributed by atoms with E-state index in [0.29, 0.717) is 19.3 Å². The molecule has 0 spiro atoms. The largest absolute Gasteiger partial charge is 0.445 e. The average molecular weight is 554 g/mol. The van der Waals surface area contributed by atoms with Crippen molar-refractivity contribution in [2.45, 2.75) is 108 Å². The fourth-order valence-corrected chi connectivity index (χ4v) is 6.11. The third-order valence-electron chi connectivity index (χ3n) is 8.06. The number of benzene rings is 1. The first-order valence-corrected chi connectivity index (χ1v) is 14.6. The molecule has 5 atom stereocenters. The van der Waals surface area contributed by atoms with Crippen LogP contribution in [0.1, 0.15) is 77.2 Å². The van der Waals surface area contributed by atoms with E-state index in [4.69, 9.17) is 9.47 Å².